The number of para-hydroxylation sites is 1. The molecule has 0 radical (unpaired) electrons. The average Bonchev–Trinajstić information content (AvgIpc) is 3.23. The van der Waals surface area contributed by atoms with Gasteiger partial charge in [0.25, 0.3) is 5.91 Å². The first-order valence-electron chi connectivity index (χ1n) is 11.6. The molecule has 1 saturated heterocycles. The molecule has 1 saturated carbocycles. The van der Waals surface area contributed by atoms with E-state index < -0.39 is 17.5 Å². The number of fused-ring (bicyclic) bond motifs is 1. The van der Waals surface area contributed by atoms with Crippen molar-refractivity contribution in [3.63, 3.8) is 0 Å². The Labute approximate surface area is 189 Å². The molecule has 170 valence electrons. The van der Waals surface area contributed by atoms with Crippen molar-refractivity contribution < 1.29 is 18.7 Å². The van der Waals surface area contributed by atoms with E-state index in [2.05, 4.69) is 28.9 Å². The van der Waals surface area contributed by atoms with E-state index in [1.807, 2.05) is 18.4 Å². The molecular formula is C26H32N2O4. The third-order valence-corrected chi connectivity index (χ3v) is 7.27. The second-order valence-corrected chi connectivity index (χ2v) is 9.16. The maximum absolute atomic E-state index is 12.0. The van der Waals surface area contributed by atoms with Gasteiger partial charge in [-0.3, -0.25) is 4.79 Å². The van der Waals surface area contributed by atoms with Crippen molar-refractivity contribution in [2.24, 2.45) is 11.7 Å². The molecule has 4 rings (SSSR count). The average molecular weight is 437 g/mol. The summed E-state index contributed by atoms with van der Waals surface area (Å²) in [6, 6.07) is 8.27. The number of rotatable bonds is 6. The molecule has 1 amide bonds. The zero-order valence-corrected chi connectivity index (χ0v) is 18.8. The minimum atomic E-state index is -1.19. The Morgan fingerprint density at radius 2 is 1.91 bits per heavy atom. The van der Waals surface area contributed by atoms with Gasteiger partial charge in [0.15, 0.2) is 5.60 Å². The van der Waals surface area contributed by atoms with Crippen LogP contribution in [0.1, 0.15) is 63.4 Å². The molecular weight excluding hydrogens is 404 g/mol. The first-order chi connectivity index (χ1) is 15.5. The summed E-state index contributed by atoms with van der Waals surface area (Å²) in [4.78, 5) is 26.4. The van der Waals surface area contributed by atoms with E-state index in [-0.39, 0.29) is 0 Å². The standard InChI is InChI=1S/C26H32N2O4/c1-2-5-24(29)32-26(25(27)30)13-8-19(9-14-26)10-15-28-16-11-20(12-17-28)22-18-31-23-7-4-3-6-21(22)23/h3-4,6-7,18-20H,8-17H2,1H3,(H2,27,30). The maximum atomic E-state index is 12.0. The van der Waals surface area contributed by atoms with E-state index in [1.54, 1.807) is 6.92 Å². The van der Waals surface area contributed by atoms with Crippen LogP contribution in [-0.4, -0.2) is 42.0 Å². The van der Waals surface area contributed by atoms with E-state index in [9.17, 15) is 9.59 Å². The molecule has 6 heteroatoms. The minimum absolute atomic E-state index is 0.486. The van der Waals surface area contributed by atoms with Gasteiger partial charge in [0, 0.05) is 16.9 Å². The largest absolute Gasteiger partial charge is 0.464 e. The van der Waals surface area contributed by atoms with Crippen LogP contribution in [0.4, 0.5) is 0 Å². The summed E-state index contributed by atoms with van der Waals surface area (Å²) in [6.45, 7) is 4.81. The number of likely N-dealkylation sites (tertiary alicyclic amines) is 1. The number of carbonyl (C=O) groups is 2. The number of primary amides is 1. The summed E-state index contributed by atoms with van der Waals surface area (Å²) in [6.07, 6.45) is 7.98. The molecule has 2 aromatic rings. The van der Waals surface area contributed by atoms with Gasteiger partial charge in [0.2, 0.25) is 0 Å². The summed E-state index contributed by atoms with van der Waals surface area (Å²) in [5.41, 5.74) is 6.72. The van der Waals surface area contributed by atoms with E-state index in [0.29, 0.717) is 24.7 Å². The lowest BCUT2D eigenvalue weighted by molar-refractivity contribution is -0.166. The predicted molar refractivity (Wildman–Crippen MR) is 123 cm³/mol. The highest BCUT2D eigenvalue weighted by molar-refractivity contribution is 5.93. The second-order valence-electron chi connectivity index (χ2n) is 9.16. The van der Waals surface area contributed by atoms with Crippen LogP contribution in [0, 0.1) is 17.8 Å². The zero-order chi connectivity index (χ0) is 22.6. The smallest absolute Gasteiger partial charge is 0.385 e. The Bertz CT molecular complexity index is 1020. The third kappa shape index (κ3) is 4.83. The number of piperidine rings is 1. The van der Waals surface area contributed by atoms with Crippen LogP contribution in [0.15, 0.2) is 34.9 Å². The van der Waals surface area contributed by atoms with Gasteiger partial charge in [0.1, 0.15) is 5.58 Å². The number of ether oxygens (including phenoxy) is 1. The van der Waals surface area contributed by atoms with Crippen LogP contribution in [0.2, 0.25) is 0 Å². The number of hydrogen-bond donors (Lipinski definition) is 1. The van der Waals surface area contributed by atoms with Gasteiger partial charge < -0.3 is 19.8 Å². The number of benzene rings is 1. The van der Waals surface area contributed by atoms with Gasteiger partial charge in [-0.15, -0.1) is 0 Å². The Balaban J connectivity index is 1.24. The number of nitrogens with zero attached hydrogens (tertiary/aromatic N) is 1. The highest BCUT2D eigenvalue weighted by Crippen LogP contribution is 2.38. The zero-order valence-electron chi connectivity index (χ0n) is 18.8. The Morgan fingerprint density at radius 3 is 2.59 bits per heavy atom. The summed E-state index contributed by atoms with van der Waals surface area (Å²) in [5.74, 6) is 4.71. The van der Waals surface area contributed by atoms with Gasteiger partial charge in [-0.05, 0) is 89.4 Å². The molecule has 0 bridgehead atoms. The fraction of sp³-hybridized carbons (Fsp3) is 0.538. The van der Waals surface area contributed by atoms with Crippen molar-refractivity contribution in [1.82, 2.24) is 4.90 Å². The number of carbonyl (C=O) groups excluding carboxylic acids is 2. The summed E-state index contributed by atoms with van der Waals surface area (Å²) >= 11 is 0. The molecule has 0 unspecified atom stereocenters. The number of furan rings is 1. The molecule has 1 aromatic carbocycles. The molecule has 0 atom stereocenters. The summed E-state index contributed by atoms with van der Waals surface area (Å²) in [7, 11) is 0. The van der Waals surface area contributed by atoms with Gasteiger partial charge in [-0.2, -0.15) is 0 Å². The van der Waals surface area contributed by atoms with Crippen molar-refractivity contribution in [3.8, 4) is 11.8 Å². The van der Waals surface area contributed by atoms with Gasteiger partial charge in [0.05, 0.1) is 6.26 Å². The van der Waals surface area contributed by atoms with Crippen LogP contribution < -0.4 is 5.73 Å². The topological polar surface area (TPSA) is 85.8 Å². The third-order valence-electron chi connectivity index (χ3n) is 7.27. The normalized spacial score (nSPS) is 24.6. The number of esters is 1. The molecule has 1 aromatic heterocycles. The predicted octanol–water partition coefficient (Wildman–Crippen LogP) is 3.98. The summed E-state index contributed by atoms with van der Waals surface area (Å²) < 4.78 is 11.1. The van der Waals surface area contributed by atoms with E-state index in [4.69, 9.17) is 14.9 Å². The SMILES string of the molecule is CC#CC(=O)OC1(C(N)=O)CCC(CCN2CCC(c3coc4ccccc34)CC2)CC1. The number of amides is 1. The monoisotopic (exact) mass is 436 g/mol. The molecule has 6 nitrogen and oxygen atoms in total. The van der Waals surface area contributed by atoms with Crippen molar-refractivity contribution in [2.45, 2.75) is 63.4 Å². The Morgan fingerprint density at radius 1 is 1.19 bits per heavy atom. The van der Waals surface area contributed by atoms with Crippen LogP contribution >= 0.6 is 0 Å². The molecule has 0 spiro atoms. The molecule has 2 aliphatic rings. The van der Waals surface area contributed by atoms with Crippen LogP contribution in [0.25, 0.3) is 11.0 Å². The highest BCUT2D eigenvalue weighted by atomic mass is 16.6. The first kappa shape index (κ1) is 22.4. The van der Waals surface area contributed by atoms with E-state index in [0.717, 1.165) is 57.3 Å². The fourth-order valence-corrected chi connectivity index (χ4v) is 5.28. The Kier molecular flexibility index (Phi) is 6.86. The molecule has 2 fully saturated rings. The van der Waals surface area contributed by atoms with Crippen molar-refractivity contribution in [1.29, 1.82) is 0 Å². The van der Waals surface area contributed by atoms with Gasteiger partial charge in [-0.1, -0.05) is 24.1 Å². The molecule has 32 heavy (non-hydrogen) atoms. The lowest BCUT2D eigenvalue weighted by atomic mass is 9.77. The quantitative estimate of drug-likeness (QED) is 0.420. The minimum Gasteiger partial charge on any atom is -0.464 e. The van der Waals surface area contributed by atoms with Gasteiger partial charge >= 0.3 is 5.97 Å². The van der Waals surface area contributed by atoms with Gasteiger partial charge in [-0.25, -0.2) is 4.79 Å². The van der Waals surface area contributed by atoms with Crippen molar-refractivity contribution in [2.75, 3.05) is 19.6 Å². The lowest BCUT2D eigenvalue weighted by Gasteiger charge is -2.38. The molecule has 2 heterocycles. The first-order valence-corrected chi connectivity index (χ1v) is 11.6. The summed E-state index contributed by atoms with van der Waals surface area (Å²) in [5, 5.41) is 1.25. The Hall–Kier alpha value is -2.78. The van der Waals surface area contributed by atoms with Crippen LogP contribution in [0.5, 0.6) is 0 Å². The molecule has 1 aliphatic carbocycles. The number of nitrogens with two attached hydrogens (primary N) is 1. The second kappa shape index (κ2) is 9.79. The maximum Gasteiger partial charge on any atom is 0.385 e. The molecule has 1 aliphatic heterocycles. The molecule has 2 N–H and O–H groups in total. The van der Waals surface area contributed by atoms with Crippen molar-refractivity contribution >= 4 is 22.8 Å². The van der Waals surface area contributed by atoms with Crippen molar-refractivity contribution in [3.05, 3.63) is 36.1 Å². The van der Waals surface area contributed by atoms with E-state index in [1.165, 1.54) is 10.9 Å². The fourth-order valence-electron chi connectivity index (χ4n) is 5.28. The van der Waals surface area contributed by atoms with Crippen LogP contribution in [0.3, 0.4) is 0 Å². The van der Waals surface area contributed by atoms with Crippen LogP contribution in [-0.2, 0) is 14.3 Å². The van der Waals surface area contributed by atoms with E-state index >= 15 is 0 Å². The highest BCUT2D eigenvalue weighted by Gasteiger charge is 2.43. The number of hydrogen-bond acceptors (Lipinski definition) is 5. The lowest BCUT2D eigenvalue weighted by Crippen LogP contribution is -2.50.